The Hall–Kier alpha value is -3.48. The second kappa shape index (κ2) is 7.83. The fourth-order valence-electron chi connectivity index (χ4n) is 5.40. The Balaban J connectivity index is 1.06. The van der Waals surface area contributed by atoms with E-state index in [1.165, 1.54) is 5.56 Å². The molecular formula is C26H27N5O2. The summed E-state index contributed by atoms with van der Waals surface area (Å²) in [4.78, 5) is 31.2. The van der Waals surface area contributed by atoms with Gasteiger partial charge in [0.25, 0.3) is 0 Å². The third-order valence-corrected chi connectivity index (χ3v) is 7.38. The van der Waals surface area contributed by atoms with Gasteiger partial charge in [0.1, 0.15) is 5.82 Å². The van der Waals surface area contributed by atoms with Crippen molar-refractivity contribution in [2.24, 2.45) is 11.8 Å². The topological polar surface area (TPSA) is 94.1 Å². The van der Waals surface area contributed by atoms with E-state index < -0.39 is 0 Å². The lowest BCUT2D eigenvalue weighted by Crippen LogP contribution is -2.27. The number of hydrogen-bond acceptors (Lipinski definition) is 5. The summed E-state index contributed by atoms with van der Waals surface area (Å²) in [5.41, 5.74) is 11.1. The number of benzene rings is 1. The van der Waals surface area contributed by atoms with Crippen molar-refractivity contribution in [3.8, 4) is 0 Å². The molecule has 0 spiro atoms. The van der Waals surface area contributed by atoms with Gasteiger partial charge < -0.3 is 10.6 Å². The summed E-state index contributed by atoms with van der Waals surface area (Å²) in [6.45, 7) is 2.21. The first-order chi connectivity index (χ1) is 16.0. The molecule has 6 rings (SSSR count). The van der Waals surface area contributed by atoms with Gasteiger partial charge in [0.05, 0.1) is 18.3 Å². The number of carbonyl (C=O) groups is 2. The number of fused-ring (bicyclic) bond motifs is 2. The number of amides is 1. The van der Waals surface area contributed by atoms with E-state index in [1.807, 2.05) is 28.0 Å². The second-order valence-corrected chi connectivity index (χ2v) is 9.74. The van der Waals surface area contributed by atoms with Crippen LogP contribution in [0.15, 0.2) is 48.9 Å². The van der Waals surface area contributed by atoms with Crippen LogP contribution in [0.5, 0.6) is 0 Å². The fourth-order valence-corrected chi connectivity index (χ4v) is 5.40. The van der Waals surface area contributed by atoms with Crippen LogP contribution in [0.4, 0.5) is 5.82 Å². The van der Waals surface area contributed by atoms with E-state index in [0.717, 1.165) is 42.5 Å². The summed E-state index contributed by atoms with van der Waals surface area (Å²) in [5, 5.41) is 4.41. The first-order valence-electron chi connectivity index (χ1n) is 11.7. The number of nitrogens with two attached hydrogens (primary N) is 1. The molecule has 3 aromatic rings. The number of aromatic nitrogens is 3. The van der Waals surface area contributed by atoms with Crippen LogP contribution in [0.3, 0.4) is 0 Å². The number of nitrogens with zero attached hydrogens (tertiary/aromatic N) is 4. The van der Waals surface area contributed by atoms with E-state index >= 15 is 0 Å². The number of nitrogen functional groups attached to an aromatic ring is 1. The predicted octanol–water partition coefficient (Wildman–Crippen LogP) is 3.19. The summed E-state index contributed by atoms with van der Waals surface area (Å²) < 4.78 is 1.81. The van der Waals surface area contributed by atoms with Crippen LogP contribution < -0.4 is 5.73 Å². The molecule has 2 fully saturated rings. The van der Waals surface area contributed by atoms with Crippen LogP contribution in [0, 0.1) is 11.8 Å². The summed E-state index contributed by atoms with van der Waals surface area (Å²) >= 11 is 0. The highest BCUT2D eigenvalue weighted by Gasteiger charge is 2.51. The highest BCUT2D eigenvalue weighted by atomic mass is 16.2. The van der Waals surface area contributed by atoms with Gasteiger partial charge in [0.2, 0.25) is 5.91 Å². The number of piperidine rings is 1. The van der Waals surface area contributed by atoms with Gasteiger partial charge in [0.15, 0.2) is 5.78 Å². The number of anilines is 1. The van der Waals surface area contributed by atoms with Gasteiger partial charge in [-0.2, -0.15) is 5.10 Å². The molecule has 1 saturated carbocycles. The van der Waals surface area contributed by atoms with Crippen molar-refractivity contribution in [2.45, 2.75) is 44.7 Å². The standard InChI is InChI=1S/C26H27N5O2/c27-25-9-22-18(5-6-19(22)10-28-25)8-24(32)21-11-29-31(15-21)13-17-3-1-16(2-4-17)12-30-14-20-7-23(20)26(30)33/h1-4,9-11,15,18,20,23H,5-8,12-14H2,(H2,27,28). The molecule has 2 N–H and O–H groups in total. The summed E-state index contributed by atoms with van der Waals surface area (Å²) in [7, 11) is 0. The number of hydrogen-bond donors (Lipinski definition) is 1. The molecule has 3 aliphatic rings. The van der Waals surface area contributed by atoms with Crippen LogP contribution >= 0.6 is 0 Å². The quantitative estimate of drug-likeness (QED) is 0.568. The van der Waals surface area contributed by atoms with E-state index in [1.54, 1.807) is 6.20 Å². The highest BCUT2D eigenvalue weighted by Crippen LogP contribution is 2.46. The molecule has 7 nitrogen and oxygen atoms in total. The number of ketones is 1. The molecule has 1 amide bonds. The lowest BCUT2D eigenvalue weighted by Gasteiger charge is -2.18. The first-order valence-corrected chi connectivity index (χ1v) is 11.7. The molecule has 3 atom stereocenters. The normalized spacial score (nSPS) is 23.0. The Morgan fingerprint density at radius 2 is 1.91 bits per heavy atom. The molecule has 3 heterocycles. The van der Waals surface area contributed by atoms with Gasteiger partial charge in [-0.25, -0.2) is 4.98 Å². The van der Waals surface area contributed by atoms with Crippen molar-refractivity contribution >= 4 is 17.5 Å². The van der Waals surface area contributed by atoms with Crippen molar-refractivity contribution in [3.63, 3.8) is 0 Å². The monoisotopic (exact) mass is 441 g/mol. The maximum atomic E-state index is 12.9. The minimum Gasteiger partial charge on any atom is -0.384 e. The van der Waals surface area contributed by atoms with E-state index in [2.05, 4.69) is 34.3 Å². The Bertz CT molecular complexity index is 1230. The van der Waals surface area contributed by atoms with E-state index in [9.17, 15) is 9.59 Å². The molecule has 1 saturated heterocycles. The molecule has 1 aliphatic heterocycles. The lowest BCUT2D eigenvalue weighted by molar-refractivity contribution is -0.130. The van der Waals surface area contributed by atoms with Gasteiger partial charge in [0, 0.05) is 37.8 Å². The number of aryl methyl sites for hydroxylation is 1. The van der Waals surface area contributed by atoms with Crippen LogP contribution in [0.2, 0.25) is 0 Å². The number of rotatable bonds is 7. The summed E-state index contributed by atoms with van der Waals surface area (Å²) in [6, 6.07) is 10.2. The maximum absolute atomic E-state index is 12.9. The van der Waals surface area contributed by atoms with Crippen molar-refractivity contribution in [1.82, 2.24) is 19.7 Å². The number of Topliss-reactive ketones (excluding diaryl/α,β-unsaturated/α-hetero) is 1. The maximum Gasteiger partial charge on any atom is 0.226 e. The van der Waals surface area contributed by atoms with Crippen LogP contribution in [0.1, 0.15) is 57.8 Å². The van der Waals surface area contributed by atoms with Gasteiger partial charge in [-0.1, -0.05) is 24.3 Å². The van der Waals surface area contributed by atoms with Crippen molar-refractivity contribution in [3.05, 3.63) is 76.7 Å². The van der Waals surface area contributed by atoms with Crippen LogP contribution in [-0.2, 0) is 24.3 Å². The molecular weight excluding hydrogens is 414 g/mol. The smallest absolute Gasteiger partial charge is 0.226 e. The molecule has 0 radical (unpaired) electrons. The first kappa shape index (κ1) is 20.1. The minimum atomic E-state index is 0.109. The van der Waals surface area contributed by atoms with Crippen molar-refractivity contribution in [2.75, 3.05) is 12.3 Å². The predicted molar refractivity (Wildman–Crippen MR) is 123 cm³/mol. The Kier molecular flexibility index (Phi) is 4.78. The second-order valence-electron chi connectivity index (χ2n) is 9.74. The van der Waals surface area contributed by atoms with Gasteiger partial charge in [-0.15, -0.1) is 0 Å². The molecule has 33 heavy (non-hydrogen) atoms. The highest BCUT2D eigenvalue weighted by molar-refractivity contribution is 5.96. The molecule has 3 unspecified atom stereocenters. The molecule has 0 bridgehead atoms. The largest absolute Gasteiger partial charge is 0.384 e. The Morgan fingerprint density at radius 1 is 1.12 bits per heavy atom. The molecule has 1 aromatic carbocycles. The summed E-state index contributed by atoms with van der Waals surface area (Å²) in [6.07, 6.45) is 8.79. The van der Waals surface area contributed by atoms with Crippen molar-refractivity contribution in [1.29, 1.82) is 0 Å². The Morgan fingerprint density at radius 3 is 2.67 bits per heavy atom. The van der Waals surface area contributed by atoms with Crippen LogP contribution in [-0.4, -0.2) is 37.9 Å². The van der Waals surface area contributed by atoms with Gasteiger partial charge in [-0.3, -0.25) is 14.3 Å². The third-order valence-electron chi connectivity index (χ3n) is 7.38. The van der Waals surface area contributed by atoms with Gasteiger partial charge in [-0.05, 0) is 59.4 Å². The SMILES string of the molecule is Nc1cc2c(cn1)CCC2CC(=O)c1cnn(Cc2ccc(CN3CC4CC4C3=O)cc2)c1. The van der Waals surface area contributed by atoms with Gasteiger partial charge >= 0.3 is 0 Å². The Labute approximate surface area is 192 Å². The van der Waals surface area contributed by atoms with E-state index in [-0.39, 0.29) is 11.7 Å². The summed E-state index contributed by atoms with van der Waals surface area (Å²) in [5.74, 6) is 2.04. The average molecular weight is 442 g/mol. The number of carbonyl (C=O) groups excluding carboxylic acids is 2. The molecule has 168 valence electrons. The van der Waals surface area contributed by atoms with Crippen molar-refractivity contribution < 1.29 is 9.59 Å². The van der Waals surface area contributed by atoms with E-state index in [0.29, 0.717) is 48.6 Å². The zero-order valence-electron chi connectivity index (χ0n) is 18.5. The lowest BCUT2D eigenvalue weighted by atomic mass is 9.94. The molecule has 2 aliphatic carbocycles. The number of pyridine rings is 1. The third kappa shape index (κ3) is 3.92. The fraction of sp³-hybridized carbons (Fsp3) is 0.385. The van der Waals surface area contributed by atoms with Crippen LogP contribution in [0.25, 0.3) is 0 Å². The molecule has 2 aromatic heterocycles. The molecule has 7 heteroatoms. The zero-order valence-corrected chi connectivity index (χ0v) is 18.5. The average Bonchev–Trinajstić information content (AvgIpc) is 3.10. The van der Waals surface area contributed by atoms with E-state index in [4.69, 9.17) is 5.73 Å². The minimum absolute atomic E-state index is 0.109. The zero-order chi connectivity index (χ0) is 22.5. The number of likely N-dealkylation sites (tertiary alicyclic amines) is 1.